The maximum atomic E-state index is 6.30. The molecule has 23 heavy (non-hydrogen) atoms. The second kappa shape index (κ2) is 7.78. The molecule has 1 unspecified atom stereocenters. The second-order valence-corrected chi connectivity index (χ2v) is 12.9. The van der Waals surface area contributed by atoms with E-state index in [-0.39, 0.29) is 0 Å². The lowest BCUT2D eigenvalue weighted by Crippen LogP contribution is -2.41. The van der Waals surface area contributed by atoms with Crippen LogP contribution in [-0.4, -0.2) is 27.5 Å². The molecule has 0 spiro atoms. The summed E-state index contributed by atoms with van der Waals surface area (Å²) in [5.41, 5.74) is 2.86. The molecule has 128 valence electrons. The highest BCUT2D eigenvalue weighted by Gasteiger charge is 2.36. The lowest BCUT2D eigenvalue weighted by molar-refractivity contribution is 0.275. The van der Waals surface area contributed by atoms with Gasteiger partial charge in [0.15, 0.2) is 8.32 Å². The molecular formula is C20H33NOSi. The van der Waals surface area contributed by atoms with Gasteiger partial charge in [-0.1, -0.05) is 62.8 Å². The van der Waals surface area contributed by atoms with Crippen LogP contribution in [0.15, 0.2) is 35.9 Å². The van der Waals surface area contributed by atoms with Gasteiger partial charge in [0.05, 0.1) is 0 Å². The fourth-order valence-electron chi connectivity index (χ4n) is 2.75. The first-order chi connectivity index (χ1) is 10.8. The molecule has 2 nitrogen and oxygen atoms in total. The van der Waals surface area contributed by atoms with E-state index in [9.17, 15) is 0 Å². The quantitative estimate of drug-likeness (QED) is 0.569. The minimum Gasteiger partial charge on any atom is -0.417 e. The van der Waals surface area contributed by atoms with Gasteiger partial charge < -0.3 is 9.74 Å². The molecule has 1 aromatic rings. The molecule has 0 aromatic heterocycles. The highest BCUT2D eigenvalue weighted by Crippen LogP contribution is 2.36. The van der Waals surface area contributed by atoms with Crippen molar-refractivity contribution in [1.82, 2.24) is 5.32 Å². The van der Waals surface area contributed by atoms with Crippen molar-refractivity contribution in [2.24, 2.45) is 0 Å². The Morgan fingerprint density at radius 2 is 1.91 bits per heavy atom. The Labute approximate surface area is 143 Å². The smallest absolute Gasteiger partial charge is 0.191 e. The van der Waals surface area contributed by atoms with E-state index in [0.717, 1.165) is 19.6 Å². The second-order valence-electron chi connectivity index (χ2n) is 8.14. The maximum Gasteiger partial charge on any atom is 0.191 e. The number of hydrogen-bond donors (Lipinski definition) is 1. The molecule has 2 rings (SSSR count). The molecule has 0 aliphatic carbocycles. The van der Waals surface area contributed by atoms with Crippen LogP contribution in [0.3, 0.4) is 0 Å². The van der Waals surface area contributed by atoms with Gasteiger partial charge in [-0.15, -0.1) is 0 Å². The van der Waals surface area contributed by atoms with Crippen LogP contribution in [0.25, 0.3) is 6.08 Å². The average molecular weight is 332 g/mol. The van der Waals surface area contributed by atoms with E-state index in [4.69, 9.17) is 4.43 Å². The van der Waals surface area contributed by atoms with Crippen LogP contribution in [-0.2, 0) is 4.43 Å². The molecule has 0 saturated carbocycles. The standard InChI is InChI=1S/C20H33NOSi/c1-20(2,3)23(4,5)22-15-9-12-19-18(13-14-21-19)16-17-10-7-6-8-11-17/h6-8,10-11,16,19,21H,9,12-15H2,1-5H3/b18-16+. The lowest BCUT2D eigenvalue weighted by atomic mass is 10.0. The normalized spacial score (nSPS) is 21.1. The van der Waals surface area contributed by atoms with Crippen molar-refractivity contribution in [2.45, 2.75) is 64.2 Å². The molecule has 1 heterocycles. The van der Waals surface area contributed by atoms with Crippen molar-refractivity contribution in [3.8, 4) is 0 Å². The molecule has 3 heteroatoms. The third-order valence-corrected chi connectivity index (χ3v) is 9.85. The van der Waals surface area contributed by atoms with Crippen molar-refractivity contribution in [1.29, 1.82) is 0 Å². The van der Waals surface area contributed by atoms with Crippen LogP contribution in [0.1, 0.15) is 45.6 Å². The van der Waals surface area contributed by atoms with Crippen molar-refractivity contribution in [3.63, 3.8) is 0 Å². The van der Waals surface area contributed by atoms with Crippen LogP contribution < -0.4 is 5.32 Å². The third kappa shape index (κ3) is 5.30. The highest BCUT2D eigenvalue weighted by molar-refractivity contribution is 6.74. The monoisotopic (exact) mass is 331 g/mol. The van der Waals surface area contributed by atoms with Crippen LogP contribution in [0.4, 0.5) is 0 Å². The SMILES string of the molecule is CC(C)(C)[Si](C)(C)OCCCC1NCC/C1=C\c1ccccc1. The zero-order valence-electron chi connectivity index (χ0n) is 15.5. The summed E-state index contributed by atoms with van der Waals surface area (Å²) in [6.07, 6.45) is 5.84. The minimum absolute atomic E-state index is 0.303. The number of hydrogen-bond acceptors (Lipinski definition) is 2. The van der Waals surface area contributed by atoms with Gasteiger partial charge in [-0.25, -0.2) is 0 Å². The topological polar surface area (TPSA) is 21.3 Å². The zero-order valence-corrected chi connectivity index (χ0v) is 16.5. The van der Waals surface area contributed by atoms with E-state index in [0.29, 0.717) is 11.1 Å². The molecule has 1 aliphatic heterocycles. The Kier molecular flexibility index (Phi) is 6.23. The van der Waals surface area contributed by atoms with Crippen LogP contribution in [0.5, 0.6) is 0 Å². The summed E-state index contributed by atoms with van der Waals surface area (Å²) in [5, 5.41) is 3.94. The predicted octanol–water partition coefficient (Wildman–Crippen LogP) is 5.23. The summed E-state index contributed by atoms with van der Waals surface area (Å²) in [7, 11) is -1.59. The molecule has 0 amide bonds. The lowest BCUT2D eigenvalue weighted by Gasteiger charge is -2.36. The fourth-order valence-corrected chi connectivity index (χ4v) is 3.84. The zero-order chi connectivity index (χ0) is 16.9. The first-order valence-electron chi connectivity index (χ1n) is 8.92. The first-order valence-corrected chi connectivity index (χ1v) is 11.8. The Hall–Kier alpha value is -0.903. The van der Waals surface area contributed by atoms with E-state index < -0.39 is 8.32 Å². The summed E-state index contributed by atoms with van der Waals surface area (Å²) in [4.78, 5) is 0. The Balaban J connectivity index is 1.83. The summed E-state index contributed by atoms with van der Waals surface area (Å²) in [5.74, 6) is 0. The minimum atomic E-state index is -1.59. The van der Waals surface area contributed by atoms with Gasteiger partial charge in [0.1, 0.15) is 0 Å². The molecular weight excluding hydrogens is 298 g/mol. The molecule has 1 N–H and O–H groups in total. The van der Waals surface area contributed by atoms with Crippen LogP contribution >= 0.6 is 0 Å². The van der Waals surface area contributed by atoms with Crippen LogP contribution in [0, 0.1) is 0 Å². The highest BCUT2D eigenvalue weighted by atomic mass is 28.4. The first kappa shape index (κ1) is 18.4. The molecule has 0 bridgehead atoms. The fraction of sp³-hybridized carbons (Fsp3) is 0.600. The van der Waals surface area contributed by atoms with Crippen molar-refractivity contribution >= 4 is 14.4 Å². The molecule has 1 saturated heterocycles. The van der Waals surface area contributed by atoms with E-state index in [2.05, 4.69) is 75.6 Å². The molecule has 1 fully saturated rings. The summed E-state index contributed by atoms with van der Waals surface area (Å²) < 4.78 is 6.30. The van der Waals surface area contributed by atoms with Gasteiger partial charge in [-0.3, -0.25) is 0 Å². The molecule has 1 aromatic carbocycles. The predicted molar refractivity (Wildman–Crippen MR) is 103 cm³/mol. The van der Waals surface area contributed by atoms with Gasteiger partial charge in [0, 0.05) is 12.6 Å². The van der Waals surface area contributed by atoms with E-state index in [1.54, 1.807) is 5.57 Å². The number of benzene rings is 1. The molecule has 0 radical (unpaired) electrons. The van der Waals surface area contributed by atoms with Crippen molar-refractivity contribution in [2.75, 3.05) is 13.2 Å². The van der Waals surface area contributed by atoms with Gasteiger partial charge in [-0.05, 0) is 49.5 Å². The Bertz CT molecular complexity index is 516. The van der Waals surface area contributed by atoms with E-state index >= 15 is 0 Å². The van der Waals surface area contributed by atoms with E-state index in [1.807, 2.05) is 0 Å². The molecule has 1 atom stereocenters. The van der Waals surface area contributed by atoms with Gasteiger partial charge >= 0.3 is 0 Å². The average Bonchev–Trinajstić information content (AvgIpc) is 2.91. The van der Waals surface area contributed by atoms with Gasteiger partial charge in [0.25, 0.3) is 0 Å². The Morgan fingerprint density at radius 1 is 1.22 bits per heavy atom. The van der Waals surface area contributed by atoms with Gasteiger partial charge in [0.2, 0.25) is 0 Å². The molecule has 1 aliphatic rings. The summed E-state index contributed by atoms with van der Waals surface area (Å²) >= 11 is 0. The largest absolute Gasteiger partial charge is 0.417 e. The number of rotatable bonds is 6. The Morgan fingerprint density at radius 3 is 2.57 bits per heavy atom. The van der Waals surface area contributed by atoms with Crippen molar-refractivity contribution < 1.29 is 4.43 Å². The summed E-state index contributed by atoms with van der Waals surface area (Å²) in [6, 6.07) is 11.2. The van der Waals surface area contributed by atoms with Crippen LogP contribution in [0.2, 0.25) is 18.1 Å². The van der Waals surface area contributed by atoms with Crippen molar-refractivity contribution in [3.05, 3.63) is 41.5 Å². The van der Waals surface area contributed by atoms with Gasteiger partial charge in [-0.2, -0.15) is 0 Å². The summed E-state index contributed by atoms with van der Waals surface area (Å²) in [6.45, 7) is 13.6. The third-order valence-electron chi connectivity index (χ3n) is 5.31. The number of nitrogens with one attached hydrogen (secondary N) is 1. The van der Waals surface area contributed by atoms with E-state index in [1.165, 1.54) is 18.4 Å². The maximum absolute atomic E-state index is 6.30.